The standard InChI is InChI=1S/C18H22ClN3O5/c1-5-18(4)16(25)22(17(26)21-18)9-14(23)27-11(3)15(24)20-13-8-6-7-12(19)10(13)2/h6-8,11H,5,9H2,1-4H3,(H,20,24)(H,21,26)/t11-,18+/m0/s1. The van der Waals surface area contributed by atoms with Gasteiger partial charge in [-0.1, -0.05) is 24.6 Å². The van der Waals surface area contributed by atoms with Crippen LogP contribution < -0.4 is 10.6 Å². The monoisotopic (exact) mass is 395 g/mol. The summed E-state index contributed by atoms with van der Waals surface area (Å²) >= 11 is 6.01. The molecule has 1 aromatic carbocycles. The zero-order valence-electron chi connectivity index (χ0n) is 15.6. The quantitative estimate of drug-likeness (QED) is 0.567. The van der Waals surface area contributed by atoms with Crippen LogP contribution in [0.4, 0.5) is 10.5 Å². The van der Waals surface area contributed by atoms with E-state index in [9.17, 15) is 19.2 Å². The van der Waals surface area contributed by atoms with E-state index in [0.717, 1.165) is 4.90 Å². The molecule has 0 unspecified atom stereocenters. The van der Waals surface area contributed by atoms with Crippen molar-refractivity contribution in [3.8, 4) is 0 Å². The lowest BCUT2D eigenvalue weighted by Crippen LogP contribution is -2.44. The SMILES string of the molecule is CC[C@@]1(C)NC(=O)N(CC(=O)O[C@@H](C)C(=O)Nc2cccc(Cl)c2C)C1=O. The van der Waals surface area contributed by atoms with Crippen LogP contribution in [0.15, 0.2) is 18.2 Å². The minimum absolute atomic E-state index is 0.390. The number of rotatable bonds is 6. The van der Waals surface area contributed by atoms with Crippen LogP contribution in [-0.4, -0.2) is 46.9 Å². The summed E-state index contributed by atoms with van der Waals surface area (Å²) in [5.41, 5.74) is 0.150. The van der Waals surface area contributed by atoms with Crippen molar-refractivity contribution in [2.45, 2.75) is 45.8 Å². The Labute approximate surface area is 162 Å². The maximum atomic E-state index is 12.3. The van der Waals surface area contributed by atoms with Crippen LogP contribution in [0, 0.1) is 6.92 Å². The van der Waals surface area contributed by atoms with Gasteiger partial charge in [-0.15, -0.1) is 0 Å². The fourth-order valence-electron chi connectivity index (χ4n) is 2.52. The van der Waals surface area contributed by atoms with E-state index >= 15 is 0 Å². The second-order valence-electron chi connectivity index (χ2n) is 6.54. The normalized spacial score (nSPS) is 20.3. The molecule has 4 amide bonds. The van der Waals surface area contributed by atoms with Crippen LogP contribution in [0.5, 0.6) is 0 Å². The number of halogens is 1. The third kappa shape index (κ3) is 4.39. The van der Waals surface area contributed by atoms with Crippen LogP contribution in [-0.2, 0) is 19.1 Å². The summed E-state index contributed by atoms with van der Waals surface area (Å²) < 4.78 is 5.06. The van der Waals surface area contributed by atoms with Gasteiger partial charge in [0.15, 0.2) is 6.10 Å². The molecule has 1 aliphatic rings. The lowest BCUT2D eigenvalue weighted by molar-refractivity contribution is -0.155. The topological polar surface area (TPSA) is 105 Å². The summed E-state index contributed by atoms with van der Waals surface area (Å²) in [5.74, 6) is -1.91. The van der Waals surface area contributed by atoms with Gasteiger partial charge in [0.05, 0.1) is 0 Å². The summed E-state index contributed by atoms with van der Waals surface area (Å²) in [6, 6.07) is 4.39. The third-order valence-corrected chi connectivity index (χ3v) is 4.95. The number of anilines is 1. The number of carbonyl (C=O) groups is 4. The Balaban J connectivity index is 1.95. The Morgan fingerprint density at radius 3 is 2.63 bits per heavy atom. The Morgan fingerprint density at radius 1 is 1.37 bits per heavy atom. The number of carbonyl (C=O) groups excluding carboxylic acids is 4. The molecule has 146 valence electrons. The minimum atomic E-state index is -1.12. The van der Waals surface area contributed by atoms with Gasteiger partial charge in [0.25, 0.3) is 11.8 Å². The average Bonchev–Trinajstić information content (AvgIpc) is 2.82. The Hall–Kier alpha value is -2.61. The second kappa shape index (κ2) is 7.96. The van der Waals surface area contributed by atoms with Crippen molar-refractivity contribution in [2.75, 3.05) is 11.9 Å². The first kappa shape index (κ1) is 20.7. The van der Waals surface area contributed by atoms with E-state index in [1.54, 1.807) is 39.0 Å². The van der Waals surface area contributed by atoms with Gasteiger partial charge in [-0.3, -0.25) is 19.3 Å². The molecule has 1 fully saturated rings. The lowest BCUT2D eigenvalue weighted by Gasteiger charge is -2.19. The number of hydrogen-bond acceptors (Lipinski definition) is 5. The molecule has 0 aromatic heterocycles. The van der Waals surface area contributed by atoms with Gasteiger partial charge in [-0.2, -0.15) is 0 Å². The van der Waals surface area contributed by atoms with Gasteiger partial charge in [-0.05, 0) is 44.9 Å². The second-order valence-corrected chi connectivity index (χ2v) is 6.95. The highest BCUT2D eigenvalue weighted by atomic mass is 35.5. The highest BCUT2D eigenvalue weighted by Gasteiger charge is 2.47. The van der Waals surface area contributed by atoms with Crippen LogP contribution >= 0.6 is 11.6 Å². The van der Waals surface area contributed by atoms with Gasteiger partial charge in [0, 0.05) is 10.7 Å². The minimum Gasteiger partial charge on any atom is -0.451 e. The molecule has 2 N–H and O–H groups in total. The summed E-state index contributed by atoms with van der Waals surface area (Å²) in [5, 5.41) is 5.67. The van der Waals surface area contributed by atoms with E-state index < -0.39 is 42.0 Å². The predicted molar refractivity (Wildman–Crippen MR) is 99.3 cm³/mol. The number of amides is 4. The average molecular weight is 396 g/mol. The largest absolute Gasteiger partial charge is 0.451 e. The van der Waals surface area contributed by atoms with Gasteiger partial charge in [-0.25, -0.2) is 4.79 Å². The van der Waals surface area contributed by atoms with E-state index in [-0.39, 0.29) is 0 Å². The molecule has 9 heteroatoms. The Morgan fingerprint density at radius 2 is 2.04 bits per heavy atom. The zero-order chi connectivity index (χ0) is 20.4. The van der Waals surface area contributed by atoms with E-state index in [1.807, 2.05) is 0 Å². The van der Waals surface area contributed by atoms with Crippen LogP contribution in [0.3, 0.4) is 0 Å². The van der Waals surface area contributed by atoms with E-state index in [1.165, 1.54) is 6.92 Å². The van der Waals surface area contributed by atoms with Crippen LogP contribution in [0.25, 0.3) is 0 Å². The molecular weight excluding hydrogens is 374 g/mol. The number of imide groups is 1. The van der Waals surface area contributed by atoms with Gasteiger partial charge in [0.2, 0.25) is 0 Å². The first-order valence-corrected chi connectivity index (χ1v) is 8.86. The molecule has 0 radical (unpaired) electrons. The van der Waals surface area contributed by atoms with Gasteiger partial charge in [0.1, 0.15) is 12.1 Å². The zero-order valence-corrected chi connectivity index (χ0v) is 16.3. The van der Waals surface area contributed by atoms with Crippen molar-refractivity contribution >= 4 is 41.1 Å². The maximum Gasteiger partial charge on any atom is 0.327 e. The molecule has 0 aliphatic carbocycles. The fourth-order valence-corrected chi connectivity index (χ4v) is 2.70. The van der Waals surface area contributed by atoms with Gasteiger partial charge < -0.3 is 15.4 Å². The van der Waals surface area contributed by atoms with Crippen LogP contribution in [0.2, 0.25) is 5.02 Å². The van der Waals surface area contributed by atoms with E-state index in [0.29, 0.717) is 22.7 Å². The lowest BCUT2D eigenvalue weighted by atomic mass is 9.99. The van der Waals surface area contributed by atoms with Crippen LogP contribution in [0.1, 0.15) is 32.8 Å². The molecule has 0 spiro atoms. The highest BCUT2D eigenvalue weighted by molar-refractivity contribution is 6.31. The molecule has 8 nitrogen and oxygen atoms in total. The molecule has 1 aliphatic heterocycles. The maximum absolute atomic E-state index is 12.3. The van der Waals surface area contributed by atoms with Crippen molar-refractivity contribution in [3.63, 3.8) is 0 Å². The van der Waals surface area contributed by atoms with E-state index in [4.69, 9.17) is 16.3 Å². The molecule has 0 saturated carbocycles. The smallest absolute Gasteiger partial charge is 0.327 e. The van der Waals surface area contributed by atoms with Gasteiger partial charge >= 0.3 is 12.0 Å². The summed E-state index contributed by atoms with van der Waals surface area (Å²) in [6.45, 7) is 5.92. The number of benzene rings is 1. The number of esters is 1. The molecule has 1 aromatic rings. The van der Waals surface area contributed by atoms with E-state index in [2.05, 4.69) is 10.6 Å². The Bertz CT molecular complexity index is 797. The number of hydrogen-bond donors (Lipinski definition) is 2. The number of urea groups is 1. The third-order valence-electron chi connectivity index (χ3n) is 4.54. The number of nitrogens with zero attached hydrogens (tertiary/aromatic N) is 1. The summed E-state index contributed by atoms with van der Waals surface area (Å²) in [7, 11) is 0. The molecule has 27 heavy (non-hydrogen) atoms. The summed E-state index contributed by atoms with van der Waals surface area (Å²) in [4.78, 5) is 49.3. The number of nitrogens with one attached hydrogen (secondary N) is 2. The highest BCUT2D eigenvalue weighted by Crippen LogP contribution is 2.23. The first-order valence-electron chi connectivity index (χ1n) is 8.48. The fraction of sp³-hybridized carbons (Fsp3) is 0.444. The molecule has 2 atom stereocenters. The molecule has 1 heterocycles. The summed E-state index contributed by atoms with van der Waals surface area (Å²) in [6.07, 6.45) is -0.727. The molecule has 0 bridgehead atoms. The first-order chi connectivity index (χ1) is 12.6. The van der Waals surface area contributed by atoms with Crippen molar-refractivity contribution in [3.05, 3.63) is 28.8 Å². The molecule has 2 rings (SSSR count). The number of ether oxygens (including phenoxy) is 1. The predicted octanol–water partition coefficient (Wildman–Crippen LogP) is 2.24. The van der Waals surface area contributed by atoms with Crippen molar-refractivity contribution < 1.29 is 23.9 Å². The molecular formula is C18H22ClN3O5. The Kier molecular flexibility index (Phi) is 6.10. The van der Waals surface area contributed by atoms with Crippen molar-refractivity contribution in [1.29, 1.82) is 0 Å². The van der Waals surface area contributed by atoms with Crippen molar-refractivity contribution in [2.24, 2.45) is 0 Å². The molecule has 1 saturated heterocycles. The van der Waals surface area contributed by atoms with Crippen molar-refractivity contribution in [1.82, 2.24) is 10.2 Å².